The molecule has 2 N–H and O–H groups in total. The summed E-state index contributed by atoms with van der Waals surface area (Å²) in [5.41, 5.74) is 7.90. The Morgan fingerprint density at radius 3 is 2.88 bits per heavy atom. The minimum Gasteiger partial charge on any atom is -0.484 e. The lowest BCUT2D eigenvalue weighted by atomic mass is 10.0. The normalized spacial score (nSPS) is 17.9. The summed E-state index contributed by atoms with van der Waals surface area (Å²) in [5, 5.41) is 0. The predicted molar refractivity (Wildman–Crippen MR) is 67.2 cm³/mol. The highest BCUT2D eigenvalue weighted by molar-refractivity contribution is 5.61. The van der Waals surface area contributed by atoms with E-state index in [0.717, 1.165) is 24.5 Å². The number of nitrogens with two attached hydrogens (primary N) is 1. The summed E-state index contributed by atoms with van der Waals surface area (Å²) in [5.74, 6) is 0.977. The molecule has 0 atom stereocenters. The molecule has 0 radical (unpaired) electrons. The summed E-state index contributed by atoms with van der Waals surface area (Å²) in [6.07, 6.45) is 0. The van der Waals surface area contributed by atoms with Crippen LogP contribution in [0.2, 0.25) is 0 Å². The summed E-state index contributed by atoms with van der Waals surface area (Å²) in [6.45, 7) is 8.74. The van der Waals surface area contributed by atoms with Crippen LogP contribution in [0.25, 0.3) is 0 Å². The first-order valence-corrected chi connectivity index (χ1v) is 5.76. The fourth-order valence-corrected chi connectivity index (χ4v) is 2.19. The molecule has 3 nitrogen and oxygen atoms in total. The first kappa shape index (κ1) is 11.3. The van der Waals surface area contributed by atoms with Gasteiger partial charge in [-0.15, -0.1) is 0 Å². The topological polar surface area (TPSA) is 38.5 Å². The predicted octanol–water partition coefficient (Wildman–Crippen LogP) is 1.93. The second kappa shape index (κ2) is 3.98. The van der Waals surface area contributed by atoms with Gasteiger partial charge in [0.25, 0.3) is 0 Å². The molecule has 0 unspecified atom stereocenters. The van der Waals surface area contributed by atoms with Crippen molar-refractivity contribution in [1.29, 1.82) is 0 Å². The minimum atomic E-state index is -0.143. The van der Waals surface area contributed by atoms with Crippen LogP contribution in [-0.2, 0) is 0 Å². The second-order valence-corrected chi connectivity index (χ2v) is 5.04. The van der Waals surface area contributed by atoms with Crippen LogP contribution in [0.4, 0.5) is 5.69 Å². The van der Waals surface area contributed by atoms with Gasteiger partial charge in [-0.1, -0.05) is 6.07 Å². The van der Waals surface area contributed by atoms with Gasteiger partial charge in [0, 0.05) is 13.1 Å². The van der Waals surface area contributed by atoms with E-state index in [1.165, 1.54) is 5.56 Å². The van der Waals surface area contributed by atoms with Crippen LogP contribution in [0.5, 0.6) is 5.75 Å². The molecule has 1 aromatic carbocycles. The van der Waals surface area contributed by atoms with E-state index in [4.69, 9.17) is 10.5 Å². The van der Waals surface area contributed by atoms with E-state index in [-0.39, 0.29) is 5.60 Å². The molecule has 88 valence electrons. The number of aryl methyl sites for hydroxylation is 1. The van der Waals surface area contributed by atoms with Crippen molar-refractivity contribution in [1.82, 2.24) is 0 Å². The summed E-state index contributed by atoms with van der Waals surface area (Å²) >= 11 is 0. The van der Waals surface area contributed by atoms with Crippen LogP contribution in [0.3, 0.4) is 0 Å². The molecule has 1 aromatic rings. The van der Waals surface area contributed by atoms with Gasteiger partial charge in [0.2, 0.25) is 0 Å². The molecule has 0 fully saturated rings. The fourth-order valence-electron chi connectivity index (χ4n) is 2.19. The van der Waals surface area contributed by atoms with Gasteiger partial charge in [0.15, 0.2) is 0 Å². The van der Waals surface area contributed by atoms with Crippen molar-refractivity contribution in [3.63, 3.8) is 0 Å². The molecule has 1 heterocycles. The molecule has 16 heavy (non-hydrogen) atoms. The number of nitrogens with zero attached hydrogens (tertiary/aromatic N) is 1. The van der Waals surface area contributed by atoms with Crippen LogP contribution < -0.4 is 15.4 Å². The van der Waals surface area contributed by atoms with E-state index >= 15 is 0 Å². The molecule has 0 aromatic heterocycles. The number of rotatable bonds is 2. The van der Waals surface area contributed by atoms with E-state index in [1.54, 1.807) is 0 Å². The molecule has 0 saturated heterocycles. The molecule has 2 rings (SSSR count). The van der Waals surface area contributed by atoms with E-state index in [0.29, 0.717) is 6.54 Å². The van der Waals surface area contributed by atoms with Crippen molar-refractivity contribution in [3.05, 3.63) is 23.8 Å². The fraction of sp³-hybridized carbons (Fsp3) is 0.538. The monoisotopic (exact) mass is 220 g/mol. The van der Waals surface area contributed by atoms with Gasteiger partial charge in [-0.25, -0.2) is 0 Å². The van der Waals surface area contributed by atoms with E-state index < -0.39 is 0 Å². The Morgan fingerprint density at radius 2 is 2.19 bits per heavy atom. The van der Waals surface area contributed by atoms with Crippen molar-refractivity contribution < 1.29 is 4.74 Å². The average Bonchev–Trinajstić information content (AvgIpc) is 2.15. The summed E-state index contributed by atoms with van der Waals surface area (Å²) in [4.78, 5) is 2.30. The number of fused-ring (bicyclic) bond motifs is 1. The maximum atomic E-state index is 5.99. The Bertz CT molecular complexity index is 388. The van der Waals surface area contributed by atoms with Crippen molar-refractivity contribution in [3.8, 4) is 5.75 Å². The van der Waals surface area contributed by atoms with Crippen molar-refractivity contribution in [2.45, 2.75) is 26.4 Å². The zero-order valence-electron chi connectivity index (χ0n) is 10.3. The molecule has 1 aliphatic heterocycles. The van der Waals surface area contributed by atoms with Gasteiger partial charge < -0.3 is 15.4 Å². The molecular weight excluding hydrogens is 200 g/mol. The maximum absolute atomic E-state index is 5.99. The van der Waals surface area contributed by atoms with Gasteiger partial charge in [-0.3, -0.25) is 0 Å². The highest BCUT2D eigenvalue weighted by atomic mass is 16.5. The van der Waals surface area contributed by atoms with Gasteiger partial charge in [0.05, 0.1) is 12.2 Å². The molecule has 0 saturated carbocycles. The Kier molecular flexibility index (Phi) is 2.80. The van der Waals surface area contributed by atoms with Crippen molar-refractivity contribution >= 4 is 5.69 Å². The van der Waals surface area contributed by atoms with E-state index in [9.17, 15) is 0 Å². The first-order chi connectivity index (χ1) is 7.52. The van der Waals surface area contributed by atoms with Gasteiger partial charge >= 0.3 is 0 Å². The van der Waals surface area contributed by atoms with Crippen LogP contribution >= 0.6 is 0 Å². The van der Waals surface area contributed by atoms with Crippen LogP contribution in [0.15, 0.2) is 18.2 Å². The smallest absolute Gasteiger partial charge is 0.143 e. The lowest BCUT2D eigenvalue weighted by Crippen LogP contribution is -2.48. The maximum Gasteiger partial charge on any atom is 0.143 e. The van der Waals surface area contributed by atoms with Gasteiger partial charge in [-0.2, -0.15) is 0 Å². The Labute approximate surface area is 97.2 Å². The number of benzene rings is 1. The largest absolute Gasteiger partial charge is 0.484 e. The summed E-state index contributed by atoms with van der Waals surface area (Å²) < 4.78 is 5.99. The lowest BCUT2D eigenvalue weighted by Gasteiger charge is -2.41. The first-order valence-electron chi connectivity index (χ1n) is 5.76. The Morgan fingerprint density at radius 1 is 1.44 bits per heavy atom. The Hall–Kier alpha value is -1.22. The molecule has 0 bridgehead atoms. The van der Waals surface area contributed by atoms with Crippen molar-refractivity contribution in [2.24, 2.45) is 5.73 Å². The molecule has 0 spiro atoms. The van der Waals surface area contributed by atoms with Crippen LogP contribution in [0, 0.1) is 6.92 Å². The highest BCUT2D eigenvalue weighted by Crippen LogP contribution is 2.37. The zero-order valence-corrected chi connectivity index (χ0v) is 10.3. The average molecular weight is 220 g/mol. The van der Waals surface area contributed by atoms with E-state index in [2.05, 4.69) is 43.9 Å². The Balaban J connectivity index is 2.38. The number of hydrogen-bond acceptors (Lipinski definition) is 3. The summed E-state index contributed by atoms with van der Waals surface area (Å²) in [7, 11) is 0. The minimum absolute atomic E-state index is 0.143. The third-order valence-corrected chi connectivity index (χ3v) is 2.81. The van der Waals surface area contributed by atoms with Crippen LogP contribution in [-0.4, -0.2) is 25.2 Å². The third-order valence-electron chi connectivity index (χ3n) is 2.81. The van der Waals surface area contributed by atoms with Crippen LogP contribution in [0.1, 0.15) is 19.4 Å². The number of hydrogen-bond donors (Lipinski definition) is 1. The SMILES string of the molecule is Cc1ccc2c(c1)OC(C)(C)CN2CCN. The summed E-state index contributed by atoms with van der Waals surface area (Å²) in [6, 6.07) is 6.33. The van der Waals surface area contributed by atoms with Gasteiger partial charge in [-0.05, 0) is 38.5 Å². The second-order valence-electron chi connectivity index (χ2n) is 5.04. The molecule has 0 amide bonds. The zero-order chi connectivity index (χ0) is 11.8. The molecule has 3 heteroatoms. The molecular formula is C13H20N2O. The highest BCUT2D eigenvalue weighted by Gasteiger charge is 2.31. The standard InChI is InChI=1S/C13H20N2O/c1-10-4-5-11-12(8-10)16-13(2,3)9-15(11)7-6-14/h4-5,8H,6-7,9,14H2,1-3H3. The lowest BCUT2D eigenvalue weighted by molar-refractivity contribution is 0.105. The van der Waals surface area contributed by atoms with E-state index in [1.807, 2.05) is 0 Å². The van der Waals surface area contributed by atoms with Gasteiger partial charge in [0.1, 0.15) is 11.4 Å². The number of anilines is 1. The molecule has 1 aliphatic rings. The third kappa shape index (κ3) is 2.14. The molecule has 0 aliphatic carbocycles. The number of ether oxygens (including phenoxy) is 1. The van der Waals surface area contributed by atoms with Crippen molar-refractivity contribution in [2.75, 3.05) is 24.5 Å². The quantitative estimate of drug-likeness (QED) is 0.827.